The summed E-state index contributed by atoms with van der Waals surface area (Å²) in [6, 6.07) is -0.00208. The maximum Gasteiger partial charge on any atom is 0.209 e. The first-order valence-electron chi connectivity index (χ1n) is 7.30. The molecular formula is C15H28N2O2. The molecular weight excluding hydrogens is 240 g/mol. The summed E-state index contributed by atoms with van der Waals surface area (Å²) in [5, 5.41) is 0. The van der Waals surface area contributed by atoms with Crippen LogP contribution in [0.3, 0.4) is 0 Å². The van der Waals surface area contributed by atoms with Gasteiger partial charge >= 0.3 is 0 Å². The molecule has 1 rings (SSSR count). The van der Waals surface area contributed by atoms with Crippen molar-refractivity contribution in [3.05, 3.63) is 0 Å². The van der Waals surface area contributed by atoms with Crippen LogP contribution in [0, 0.1) is 11.8 Å². The number of methoxy groups -OCH3 is 2. The number of hydrogen-bond donors (Lipinski definition) is 0. The molecule has 0 spiro atoms. The van der Waals surface area contributed by atoms with Crippen LogP contribution in [0.25, 0.3) is 0 Å². The Balaban J connectivity index is 2.91. The highest BCUT2D eigenvalue weighted by atomic mass is 16.5. The Hall–Kier alpha value is -1.06. The van der Waals surface area contributed by atoms with Gasteiger partial charge in [-0.25, -0.2) is 9.98 Å². The van der Waals surface area contributed by atoms with Crippen LogP contribution in [0.1, 0.15) is 47.0 Å². The van der Waals surface area contributed by atoms with Gasteiger partial charge < -0.3 is 9.47 Å². The molecule has 0 aromatic carbocycles. The minimum Gasteiger partial charge on any atom is -0.483 e. The average Bonchev–Trinajstić information content (AvgIpc) is 2.43. The van der Waals surface area contributed by atoms with Crippen LogP contribution >= 0.6 is 0 Å². The van der Waals surface area contributed by atoms with Gasteiger partial charge in [-0.3, -0.25) is 0 Å². The van der Waals surface area contributed by atoms with Crippen molar-refractivity contribution in [2.45, 2.75) is 59.0 Å². The molecule has 4 heteroatoms. The van der Waals surface area contributed by atoms with Gasteiger partial charge in [-0.15, -0.1) is 0 Å². The summed E-state index contributed by atoms with van der Waals surface area (Å²) in [4.78, 5) is 9.42. The van der Waals surface area contributed by atoms with Crippen LogP contribution in [0.15, 0.2) is 9.98 Å². The van der Waals surface area contributed by atoms with Crippen molar-refractivity contribution in [1.29, 1.82) is 0 Å². The third kappa shape index (κ3) is 3.95. The normalized spacial score (nSPS) is 23.4. The van der Waals surface area contributed by atoms with E-state index >= 15 is 0 Å². The molecule has 1 aliphatic rings. The Morgan fingerprint density at radius 3 is 2.00 bits per heavy atom. The fraction of sp³-hybridized carbons (Fsp3) is 0.867. The second kappa shape index (κ2) is 7.51. The molecule has 2 atom stereocenters. The van der Waals surface area contributed by atoms with E-state index in [1.54, 1.807) is 14.2 Å². The topological polar surface area (TPSA) is 43.2 Å². The lowest BCUT2D eigenvalue weighted by Crippen LogP contribution is -2.38. The van der Waals surface area contributed by atoms with Gasteiger partial charge in [-0.1, -0.05) is 40.5 Å². The fourth-order valence-electron chi connectivity index (χ4n) is 2.45. The van der Waals surface area contributed by atoms with E-state index in [2.05, 4.69) is 27.7 Å². The maximum absolute atomic E-state index is 5.45. The first kappa shape index (κ1) is 16.0. The van der Waals surface area contributed by atoms with Gasteiger partial charge in [-0.05, 0) is 18.3 Å². The summed E-state index contributed by atoms with van der Waals surface area (Å²) in [5.41, 5.74) is 0. The van der Waals surface area contributed by atoms with Crippen LogP contribution in [-0.4, -0.2) is 38.1 Å². The second-order valence-corrected chi connectivity index (χ2v) is 5.47. The number of nitrogens with zero attached hydrogens (tertiary/aromatic N) is 2. The Morgan fingerprint density at radius 1 is 1.00 bits per heavy atom. The van der Waals surface area contributed by atoms with Gasteiger partial charge in [0, 0.05) is 0 Å². The summed E-state index contributed by atoms with van der Waals surface area (Å²) < 4.78 is 10.9. The molecule has 0 aliphatic carbocycles. The first-order chi connectivity index (χ1) is 9.07. The molecule has 0 saturated carbocycles. The number of ether oxygens (including phenoxy) is 2. The SMILES string of the molecule is CCC(CC)CC1N=C(OC)C(C(C)C)N=C1OC. The third-order valence-corrected chi connectivity index (χ3v) is 3.85. The fourth-order valence-corrected chi connectivity index (χ4v) is 2.45. The van der Waals surface area contributed by atoms with Crippen LogP contribution in [0.2, 0.25) is 0 Å². The van der Waals surface area contributed by atoms with Crippen LogP contribution in [-0.2, 0) is 9.47 Å². The lowest BCUT2D eigenvalue weighted by Gasteiger charge is -2.28. The predicted octanol–water partition coefficient (Wildman–Crippen LogP) is 3.31. The molecule has 110 valence electrons. The molecule has 0 aromatic heterocycles. The van der Waals surface area contributed by atoms with E-state index in [1.807, 2.05) is 0 Å². The molecule has 0 aromatic rings. The Bertz CT molecular complexity index is 333. The molecule has 0 saturated heterocycles. The summed E-state index contributed by atoms with van der Waals surface area (Å²) in [6.07, 6.45) is 3.31. The van der Waals surface area contributed by atoms with Gasteiger partial charge in [0.1, 0.15) is 12.1 Å². The lowest BCUT2D eigenvalue weighted by atomic mass is 9.93. The Morgan fingerprint density at radius 2 is 1.58 bits per heavy atom. The maximum atomic E-state index is 5.45. The summed E-state index contributed by atoms with van der Waals surface area (Å²) in [7, 11) is 3.36. The Kier molecular flexibility index (Phi) is 6.32. The van der Waals surface area contributed by atoms with E-state index in [4.69, 9.17) is 19.5 Å². The summed E-state index contributed by atoms with van der Waals surface area (Å²) in [5.74, 6) is 2.51. The van der Waals surface area contributed by atoms with E-state index in [0.29, 0.717) is 11.8 Å². The molecule has 2 unspecified atom stereocenters. The van der Waals surface area contributed by atoms with Crippen LogP contribution < -0.4 is 0 Å². The van der Waals surface area contributed by atoms with Crippen molar-refractivity contribution < 1.29 is 9.47 Å². The number of rotatable bonds is 5. The molecule has 0 bridgehead atoms. The van der Waals surface area contributed by atoms with E-state index in [0.717, 1.165) is 31.1 Å². The van der Waals surface area contributed by atoms with E-state index in [-0.39, 0.29) is 12.1 Å². The molecule has 4 nitrogen and oxygen atoms in total. The highest BCUT2D eigenvalue weighted by Crippen LogP contribution is 2.23. The van der Waals surface area contributed by atoms with Crippen LogP contribution in [0.5, 0.6) is 0 Å². The molecule has 0 N–H and O–H groups in total. The standard InChI is InChI=1S/C15H28N2O2/c1-7-11(8-2)9-12-14(18-5)17-13(10(3)4)15(16-12)19-6/h10-13H,7-9H2,1-6H3. The number of aliphatic imine (C=N–C) groups is 2. The minimum absolute atomic E-state index is 0.0137. The zero-order valence-electron chi connectivity index (χ0n) is 13.1. The molecule has 0 amide bonds. The van der Waals surface area contributed by atoms with Crippen molar-refractivity contribution in [3.8, 4) is 0 Å². The van der Waals surface area contributed by atoms with Crippen molar-refractivity contribution in [1.82, 2.24) is 0 Å². The molecule has 0 radical (unpaired) electrons. The van der Waals surface area contributed by atoms with Gasteiger partial charge in [-0.2, -0.15) is 0 Å². The van der Waals surface area contributed by atoms with Crippen LogP contribution in [0.4, 0.5) is 0 Å². The third-order valence-electron chi connectivity index (χ3n) is 3.85. The Labute approximate surface area is 117 Å². The van der Waals surface area contributed by atoms with Gasteiger partial charge in [0.05, 0.1) is 14.2 Å². The van der Waals surface area contributed by atoms with E-state index < -0.39 is 0 Å². The summed E-state index contributed by atoms with van der Waals surface area (Å²) >= 11 is 0. The van der Waals surface area contributed by atoms with Crippen molar-refractivity contribution in [2.75, 3.05) is 14.2 Å². The molecule has 1 aliphatic heterocycles. The van der Waals surface area contributed by atoms with Crippen molar-refractivity contribution >= 4 is 11.8 Å². The molecule has 0 fully saturated rings. The predicted molar refractivity (Wildman–Crippen MR) is 80.0 cm³/mol. The number of hydrogen-bond acceptors (Lipinski definition) is 4. The first-order valence-corrected chi connectivity index (χ1v) is 7.30. The summed E-state index contributed by atoms with van der Waals surface area (Å²) in [6.45, 7) is 8.69. The largest absolute Gasteiger partial charge is 0.483 e. The average molecular weight is 268 g/mol. The second-order valence-electron chi connectivity index (χ2n) is 5.47. The lowest BCUT2D eigenvalue weighted by molar-refractivity contribution is 0.319. The van der Waals surface area contributed by atoms with E-state index in [1.165, 1.54) is 0 Å². The van der Waals surface area contributed by atoms with E-state index in [9.17, 15) is 0 Å². The van der Waals surface area contributed by atoms with Gasteiger partial charge in [0.2, 0.25) is 11.8 Å². The molecule has 1 heterocycles. The zero-order valence-corrected chi connectivity index (χ0v) is 13.1. The van der Waals surface area contributed by atoms with Gasteiger partial charge in [0.15, 0.2) is 0 Å². The smallest absolute Gasteiger partial charge is 0.209 e. The van der Waals surface area contributed by atoms with Crippen molar-refractivity contribution in [3.63, 3.8) is 0 Å². The van der Waals surface area contributed by atoms with Gasteiger partial charge in [0.25, 0.3) is 0 Å². The highest BCUT2D eigenvalue weighted by molar-refractivity contribution is 5.94. The quantitative estimate of drug-likeness (QED) is 0.767. The zero-order chi connectivity index (χ0) is 14.4. The van der Waals surface area contributed by atoms with Crippen molar-refractivity contribution in [2.24, 2.45) is 21.8 Å². The monoisotopic (exact) mass is 268 g/mol. The minimum atomic E-state index is -0.0158. The molecule has 19 heavy (non-hydrogen) atoms. The highest BCUT2D eigenvalue weighted by Gasteiger charge is 2.31.